The molecule has 2 atom stereocenters. The van der Waals surface area contributed by atoms with Gasteiger partial charge in [0, 0.05) is 6.61 Å². The second-order valence-corrected chi connectivity index (χ2v) is 5.99. The van der Waals surface area contributed by atoms with Gasteiger partial charge in [0.2, 0.25) is 0 Å². The summed E-state index contributed by atoms with van der Waals surface area (Å²) in [6.07, 6.45) is 3.13. The van der Waals surface area contributed by atoms with Crippen molar-refractivity contribution in [1.29, 1.82) is 0 Å². The highest BCUT2D eigenvalue weighted by Gasteiger charge is 2.55. The van der Waals surface area contributed by atoms with E-state index in [0.29, 0.717) is 25.4 Å². The topological polar surface area (TPSA) is 66.8 Å². The third-order valence-corrected chi connectivity index (χ3v) is 4.59. The maximum absolute atomic E-state index is 11.9. The second-order valence-electron chi connectivity index (χ2n) is 5.99. The molecule has 2 aliphatic rings. The van der Waals surface area contributed by atoms with Crippen molar-refractivity contribution in [2.75, 3.05) is 6.61 Å². The van der Waals surface area contributed by atoms with Crippen LogP contribution in [0, 0.1) is 11.3 Å². The van der Waals surface area contributed by atoms with E-state index in [-0.39, 0.29) is 12.7 Å². The van der Waals surface area contributed by atoms with Gasteiger partial charge in [0.25, 0.3) is 0 Å². The molecule has 2 unspecified atom stereocenters. The van der Waals surface area contributed by atoms with E-state index in [9.17, 15) is 9.90 Å². The highest BCUT2D eigenvalue weighted by Crippen LogP contribution is 2.49. The molecule has 1 aliphatic heterocycles. The van der Waals surface area contributed by atoms with Gasteiger partial charge in [0.05, 0.1) is 12.7 Å². The fraction of sp³-hybridized carbons (Fsp3) is 0.562. The lowest BCUT2D eigenvalue weighted by molar-refractivity contribution is -0.153. The Balaban J connectivity index is 1.84. The molecule has 0 bridgehead atoms. The smallest absolute Gasteiger partial charge is 0.312 e. The van der Waals surface area contributed by atoms with Crippen LogP contribution in [0.25, 0.3) is 0 Å². The van der Waals surface area contributed by atoms with Gasteiger partial charge < -0.3 is 14.9 Å². The number of carboxylic acids is 1. The third kappa shape index (κ3) is 2.34. The van der Waals surface area contributed by atoms with E-state index in [2.05, 4.69) is 0 Å². The van der Waals surface area contributed by atoms with Crippen LogP contribution >= 0.6 is 0 Å². The summed E-state index contributed by atoms with van der Waals surface area (Å²) in [5.74, 6) is -0.316. The third-order valence-electron chi connectivity index (χ3n) is 4.59. The van der Waals surface area contributed by atoms with Gasteiger partial charge in [-0.05, 0) is 42.7 Å². The molecule has 4 nitrogen and oxygen atoms in total. The van der Waals surface area contributed by atoms with Crippen LogP contribution in [0.4, 0.5) is 0 Å². The van der Waals surface area contributed by atoms with Crippen LogP contribution in [0.2, 0.25) is 0 Å². The monoisotopic (exact) mass is 276 g/mol. The summed E-state index contributed by atoms with van der Waals surface area (Å²) >= 11 is 0. The summed E-state index contributed by atoms with van der Waals surface area (Å²) in [5, 5.41) is 18.8. The van der Waals surface area contributed by atoms with E-state index in [1.165, 1.54) is 0 Å². The maximum atomic E-state index is 11.9. The predicted molar refractivity (Wildman–Crippen MR) is 73.2 cm³/mol. The number of benzene rings is 1. The SMILES string of the molecule is O=C(O)C1(Cc2ccc(CO)cc2)CCOC1C1CC1. The number of carboxylic acid groups (broad SMARTS) is 1. The predicted octanol–water partition coefficient (Wildman–Crippen LogP) is 1.99. The summed E-state index contributed by atoms with van der Waals surface area (Å²) in [7, 11) is 0. The Morgan fingerprint density at radius 3 is 2.45 bits per heavy atom. The number of hydrogen-bond acceptors (Lipinski definition) is 3. The van der Waals surface area contributed by atoms with Gasteiger partial charge in [0.15, 0.2) is 0 Å². The number of rotatable bonds is 5. The maximum Gasteiger partial charge on any atom is 0.312 e. The van der Waals surface area contributed by atoms with Gasteiger partial charge in [-0.3, -0.25) is 4.79 Å². The molecule has 20 heavy (non-hydrogen) atoms. The minimum absolute atomic E-state index is 0.0121. The van der Waals surface area contributed by atoms with Gasteiger partial charge in [-0.1, -0.05) is 24.3 Å². The molecule has 1 saturated heterocycles. The zero-order chi connectivity index (χ0) is 14.2. The van der Waals surface area contributed by atoms with Crippen LogP contribution in [-0.2, 0) is 22.6 Å². The number of aliphatic hydroxyl groups is 1. The molecular formula is C16H20O4. The van der Waals surface area contributed by atoms with Gasteiger partial charge in [0.1, 0.15) is 5.41 Å². The van der Waals surface area contributed by atoms with Crippen molar-refractivity contribution in [3.8, 4) is 0 Å². The first-order valence-corrected chi connectivity index (χ1v) is 7.19. The van der Waals surface area contributed by atoms with Crippen molar-refractivity contribution in [3.05, 3.63) is 35.4 Å². The Labute approximate surface area is 118 Å². The van der Waals surface area contributed by atoms with Crippen molar-refractivity contribution in [3.63, 3.8) is 0 Å². The van der Waals surface area contributed by atoms with Crippen molar-refractivity contribution in [1.82, 2.24) is 0 Å². The first-order valence-electron chi connectivity index (χ1n) is 7.19. The Hall–Kier alpha value is -1.39. The number of carbonyl (C=O) groups is 1. The Bertz CT molecular complexity index is 492. The van der Waals surface area contributed by atoms with E-state index in [1.54, 1.807) is 0 Å². The number of aliphatic hydroxyl groups excluding tert-OH is 1. The van der Waals surface area contributed by atoms with Crippen LogP contribution in [0.5, 0.6) is 0 Å². The minimum atomic E-state index is -0.776. The lowest BCUT2D eigenvalue weighted by atomic mass is 9.74. The van der Waals surface area contributed by atoms with Gasteiger partial charge in [-0.25, -0.2) is 0 Å². The van der Waals surface area contributed by atoms with E-state index < -0.39 is 11.4 Å². The van der Waals surface area contributed by atoms with Crippen molar-refractivity contribution < 1.29 is 19.7 Å². The molecule has 2 N–H and O–H groups in total. The summed E-state index contributed by atoms with van der Waals surface area (Å²) in [6, 6.07) is 7.54. The number of hydrogen-bond donors (Lipinski definition) is 2. The fourth-order valence-electron chi connectivity index (χ4n) is 3.28. The molecule has 108 valence electrons. The molecule has 1 aromatic carbocycles. The van der Waals surface area contributed by atoms with Crippen molar-refractivity contribution >= 4 is 5.97 Å². The lowest BCUT2D eigenvalue weighted by Gasteiger charge is -2.30. The quantitative estimate of drug-likeness (QED) is 0.863. The Kier molecular flexibility index (Phi) is 3.52. The molecule has 3 rings (SSSR count). The van der Waals surface area contributed by atoms with Crippen LogP contribution < -0.4 is 0 Å². The Morgan fingerprint density at radius 1 is 1.25 bits per heavy atom. The first-order chi connectivity index (χ1) is 9.65. The van der Waals surface area contributed by atoms with Gasteiger partial charge in [-0.15, -0.1) is 0 Å². The summed E-state index contributed by atoms with van der Waals surface area (Å²) in [5.41, 5.74) is 1.07. The summed E-state index contributed by atoms with van der Waals surface area (Å²) < 4.78 is 5.75. The molecule has 2 fully saturated rings. The fourth-order valence-corrected chi connectivity index (χ4v) is 3.28. The van der Waals surface area contributed by atoms with E-state index in [1.807, 2.05) is 24.3 Å². The van der Waals surface area contributed by atoms with Crippen molar-refractivity contribution in [2.24, 2.45) is 11.3 Å². The molecule has 1 heterocycles. The molecule has 0 spiro atoms. The zero-order valence-corrected chi connectivity index (χ0v) is 11.4. The standard InChI is InChI=1S/C16H20O4/c17-10-12-3-1-11(2-4-12)9-16(15(18)19)7-8-20-14(16)13-5-6-13/h1-4,13-14,17H,5-10H2,(H,18,19). The highest BCUT2D eigenvalue weighted by atomic mass is 16.5. The Morgan fingerprint density at radius 2 is 1.90 bits per heavy atom. The van der Waals surface area contributed by atoms with Crippen LogP contribution in [0.3, 0.4) is 0 Å². The van der Waals surface area contributed by atoms with Gasteiger partial charge >= 0.3 is 5.97 Å². The van der Waals surface area contributed by atoms with Crippen LogP contribution in [0.15, 0.2) is 24.3 Å². The molecule has 0 aromatic heterocycles. The van der Waals surface area contributed by atoms with Gasteiger partial charge in [-0.2, -0.15) is 0 Å². The number of aliphatic carboxylic acids is 1. The molecular weight excluding hydrogens is 256 g/mol. The molecule has 0 amide bonds. The molecule has 1 aliphatic carbocycles. The molecule has 1 aromatic rings. The minimum Gasteiger partial charge on any atom is -0.481 e. The zero-order valence-electron chi connectivity index (χ0n) is 11.4. The average Bonchev–Trinajstić information content (AvgIpc) is 3.21. The highest BCUT2D eigenvalue weighted by molar-refractivity contribution is 5.76. The van der Waals surface area contributed by atoms with Crippen molar-refractivity contribution in [2.45, 2.75) is 38.4 Å². The molecule has 4 heteroatoms. The molecule has 1 saturated carbocycles. The second kappa shape index (κ2) is 5.19. The summed E-state index contributed by atoms with van der Waals surface area (Å²) in [6.45, 7) is 0.556. The number of ether oxygens (including phenoxy) is 1. The first kappa shape index (κ1) is 13.6. The normalized spacial score (nSPS) is 29.6. The van der Waals surface area contributed by atoms with E-state index >= 15 is 0 Å². The van der Waals surface area contributed by atoms with E-state index in [0.717, 1.165) is 24.0 Å². The molecule has 0 radical (unpaired) electrons. The average molecular weight is 276 g/mol. The summed E-state index contributed by atoms with van der Waals surface area (Å²) in [4.78, 5) is 11.9. The lowest BCUT2D eigenvalue weighted by Crippen LogP contribution is -2.42. The van der Waals surface area contributed by atoms with Crippen LogP contribution in [-0.4, -0.2) is 28.9 Å². The van der Waals surface area contributed by atoms with E-state index in [4.69, 9.17) is 9.84 Å². The largest absolute Gasteiger partial charge is 0.481 e. The van der Waals surface area contributed by atoms with Crippen LogP contribution in [0.1, 0.15) is 30.4 Å².